The number of carbonyl (C=O) groups is 1. The van der Waals surface area contributed by atoms with Crippen molar-refractivity contribution in [2.24, 2.45) is 11.1 Å². The van der Waals surface area contributed by atoms with Crippen molar-refractivity contribution in [2.75, 3.05) is 6.54 Å². The SMILES string of the molecule is CC(C)(C)CC(O)CNC(=O)C(N)CCc1ccccc1. The summed E-state index contributed by atoms with van der Waals surface area (Å²) in [7, 11) is 0. The molecule has 0 saturated carbocycles. The van der Waals surface area contributed by atoms with Gasteiger partial charge in [0.2, 0.25) is 5.91 Å². The Morgan fingerprint density at radius 2 is 1.90 bits per heavy atom. The van der Waals surface area contributed by atoms with Crippen molar-refractivity contribution in [2.45, 2.75) is 52.2 Å². The van der Waals surface area contributed by atoms with E-state index in [4.69, 9.17) is 5.73 Å². The lowest BCUT2D eigenvalue weighted by Gasteiger charge is -2.23. The van der Waals surface area contributed by atoms with Crippen LogP contribution in [0, 0.1) is 5.41 Å². The van der Waals surface area contributed by atoms with E-state index in [9.17, 15) is 9.90 Å². The number of nitrogens with one attached hydrogen (secondary N) is 1. The molecule has 2 unspecified atom stereocenters. The second-order valence-corrected chi connectivity index (χ2v) is 6.79. The Labute approximate surface area is 127 Å². The van der Waals surface area contributed by atoms with E-state index >= 15 is 0 Å². The first-order chi connectivity index (χ1) is 9.78. The van der Waals surface area contributed by atoms with Crippen molar-refractivity contribution < 1.29 is 9.90 Å². The number of benzene rings is 1. The maximum Gasteiger partial charge on any atom is 0.237 e. The van der Waals surface area contributed by atoms with Crippen molar-refractivity contribution in [1.29, 1.82) is 0 Å². The highest BCUT2D eigenvalue weighted by atomic mass is 16.3. The smallest absolute Gasteiger partial charge is 0.237 e. The number of carbonyl (C=O) groups excluding carboxylic acids is 1. The van der Waals surface area contributed by atoms with Crippen molar-refractivity contribution in [3.63, 3.8) is 0 Å². The van der Waals surface area contributed by atoms with Crippen LogP contribution in [-0.4, -0.2) is 29.7 Å². The molecular weight excluding hydrogens is 264 g/mol. The molecule has 0 saturated heterocycles. The third kappa shape index (κ3) is 7.83. The summed E-state index contributed by atoms with van der Waals surface area (Å²) >= 11 is 0. The molecule has 1 rings (SSSR count). The number of aryl methyl sites for hydroxylation is 1. The average molecular weight is 292 g/mol. The van der Waals surface area contributed by atoms with Gasteiger partial charge in [-0.1, -0.05) is 51.1 Å². The fourth-order valence-corrected chi connectivity index (χ4v) is 2.23. The molecule has 0 aliphatic rings. The Balaban J connectivity index is 2.28. The summed E-state index contributed by atoms with van der Waals surface area (Å²) in [6.45, 7) is 6.44. The molecule has 1 amide bonds. The van der Waals surface area contributed by atoms with Crippen LogP contribution in [0.2, 0.25) is 0 Å². The predicted molar refractivity (Wildman–Crippen MR) is 85.8 cm³/mol. The standard InChI is InChI=1S/C17H28N2O2/c1-17(2,3)11-14(20)12-19-16(21)15(18)10-9-13-7-5-4-6-8-13/h4-8,14-15,20H,9-12,18H2,1-3H3,(H,19,21). The number of rotatable bonds is 7. The number of hydrogen-bond donors (Lipinski definition) is 3. The fraction of sp³-hybridized carbons (Fsp3) is 0.588. The molecule has 4 heteroatoms. The van der Waals surface area contributed by atoms with Crippen LogP contribution in [0.4, 0.5) is 0 Å². The van der Waals surface area contributed by atoms with E-state index in [1.165, 1.54) is 5.56 Å². The highest BCUT2D eigenvalue weighted by Gasteiger charge is 2.19. The van der Waals surface area contributed by atoms with Gasteiger partial charge in [-0.15, -0.1) is 0 Å². The van der Waals surface area contributed by atoms with Gasteiger partial charge in [0.05, 0.1) is 12.1 Å². The van der Waals surface area contributed by atoms with E-state index < -0.39 is 12.1 Å². The van der Waals surface area contributed by atoms with Crippen LogP contribution in [-0.2, 0) is 11.2 Å². The van der Waals surface area contributed by atoms with Crippen molar-refractivity contribution in [1.82, 2.24) is 5.32 Å². The van der Waals surface area contributed by atoms with Gasteiger partial charge in [0.1, 0.15) is 0 Å². The van der Waals surface area contributed by atoms with Crippen LogP contribution in [0.15, 0.2) is 30.3 Å². The Kier molecular flexibility index (Phi) is 6.85. The molecule has 0 heterocycles. The number of aliphatic hydroxyl groups excluding tert-OH is 1. The van der Waals surface area contributed by atoms with Gasteiger partial charge in [0, 0.05) is 6.54 Å². The minimum absolute atomic E-state index is 0.0412. The highest BCUT2D eigenvalue weighted by Crippen LogP contribution is 2.20. The molecule has 21 heavy (non-hydrogen) atoms. The highest BCUT2D eigenvalue weighted by molar-refractivity contribution is 5.81. The first-order valence-corrected chi connectivity index (χ1v) is 7.53. The normalized spacial score (nSPS) is 14.5. The predicted octanol–water partition coefficient (Wildman–Crippen LogP) is 1.86. The minimum Gasteiger partial charge on any atom is -0.391 e. The van der Waals surface area contributed by atoms with Crippen LogP contribution in [0.1, 0.15) is 39.2 Å². The lowest BCUT2D eigenvalue weighted by atomic mass is 9.89. The van der Waals surface area contributed by atoms with Gasteiger partial charge in [-0.25, -0.2) is 0 Å². The Bertz CT molecular complexity index is 426. The van der Waals surface area contributed by atoms with Crippen LogP contribution in [0.25, 0.3) is 0 Å². The number of aliphatic hydroxyl groups is 1. The third-order valence-electron chi connectivity index (χ3n) is 3.28. The molecule has 0 fully saturated rings. The van der Waals surface area contributed by atoms with Crippen LogP contribution < -0.4 is 11.1 Å². The summed E-state index contributed by atoms with van der Waals surface area (Å²) < 4.78 is 0. The largest absolute Gasteiger partial charge is 0.391 e. The molecule has 1 aromatic rings. The zero-order chi connectivity index (χ0) is 15.9. The van der Waals surface area contributed by atoms with Gasteiger partial charge in [-0.3, -0.25) is 4.79 Å². The van der Waals surface area contributed by atoms with E-state index in [0.717, 1.165) is 6.42 Å². The molecular formula is C17H28N2O2. The van der Waals surface area contributed by atoms with Gasteiger partial charge in [0.15, 0.2) is 0 Å². The van der Waals surface area contributed by atoms with Crippen molar-refractivity contribution in [3.8, 4) is 0 Å². The quantitative estimate of drug-likeness (QED) is 0.718. The van der Waals surface area contributed by atoms with Crippen LogP contribution in [0.3, 0.4) is 0 Å². The van der Waals surface area contributed by atoms with Crippen LogP contribution in [0.5, 0.6) is 0 Å². The summed E-state index contributed by atoms with van der Waals surface area (Å²) in [4.78, 5) is 11.9. The molecule has 4 nitrogen and oxygen atoms in total. The second-order valence-electron chi connectivity index (χ2n) is 6.79. The minimum atomic E-state index is -0.535. The lowest BCUT2D eigenvalue weighted by Crippen LogP contribution is -2.44. The Hall–Kier alpha value is -1.39. The van der Waals surface area contributed by atoms with E-state index in [0.29, 0.717) is 12.8 Å². The Morgan fingerprint density at radius 3 is 2.48 bits per heavy atom. The van der Waals surface area contributed by atoms with Gasteiger partial charge < -0.3 is 16.2 Å². The van der Waals surface area contributed by atoms with Gasteiger partial charge in [-0.05, 0) is 30.2 Å². The van der Waals surface area contributed by atoms with Gasteiger partial charge >= 0.3 is 0 Å². The molecule has 118 valence electrons. The zero-order valence-corrected chi connectivity index (χ0v) is 13.3. The summed E-state index contributed by atoms with van der Waals surface area (Å²) in [6.07, 6.45) is 1.49. The van der Waals surface area contributed by atoms with Crippen molar-refractivity contribution >= 4 is 5.91 Å². The second kappa shape index (κ2) is 8.15. The molecule has 0 aromatic heterocycles. The first-order valence-electron chi connectivity index (χ1n) is 7.53. The molecule has 0 spiro atoms. The molecule has 0 bridgehead atoms. The molecule has 0 aliphatic carbocycles. The number of nitrogens with two attached hydrogens (primary N) is 1. The van der Waals surface area contributed by atoms with Gasteiger partial charge in [-0.2, -0.15) is 0 Å². The number of amides is 1. The molecule has 2 atom stereocenters. The summed E-state index contributed by atoms with van der Waals surface area (Å²) in [6, 6.07) is 9.43. The molecule has 0 radical (unpaired) electrons. The Morgan fingerprint density at radius 1 is 1.29 bits per heavy atom. The van der Waals surface area contributed by atoms with E-state index in [-0.39, 0.29) is 17.9 Å². The zero-order valence-electron chi connectivity index (χ0n) is 13.3. The topological polar surface area (TPSA) is 75.3 Å². The maximum atomic E-state index is 11.9. The summed E-state index contributed by atoms with van der Waals surface area (Å²) in [5.41, 5.74) is 7.10. The van der Waals surface area contributed by atoms with Gasteiger partial charge in [0.25, 0.3) is 0 Å². The first kappa shape index (κ1) is 17.7. The summed E-state index contributed by atoms with van der Waals surface area (Å²) in [5.74, 6) is -0.195. The third-order valence-corrected chi connectivity index (χ3v) is 3.28. The lowest BCUT2D eigenvalue weighted by molar-refractivity contribution is -0.123. The fourth-order valence-electron chi connectivity index (χ4n) is 2.23. The summed E-state index contributed by atoms with van der Waals surface area (Å²) in [5, 5.41) is 12.6. The van der Waals surface area contributed by atoms with E-state index in [1.54, 1.807) is 0 Å². The number of hydrogen-bond acceptors (Lipinski definition) is 3. The molecule has 0 aliphatic heterocycles. The molecule has 1 aromatic carbocycles. The molecule has 4 N–H and O–H groups in total. The van der Waals surface area contributed by atoms with Crippen molar-refractivity contribution in [3.05, 3.63) is 35.9 Å². The van der Waals surface area contributed by atoms with E-state index in [1.807, 2.05) is 30.3 Å². The van der Waals surface area contributed by atoms with Crippen LogP contribution >= 0.6 is 0 Å². The van der Waals surface area contributed by atoms with E-state index in [2.05, 4.69) is 26.1 Å². The average Bonchev–Trinajstić information content (AvgIpc) is 2.41. The monoisotopic (exact) mass is 292 g/mol. The maximum absolute atomic E-state index is 11.9.